The van der Waals surface area contributed by atoms with Crippen molar-refractivity contribution in [1.29, 1.82) is 0 Å². The molecule has 1 aromatic heterocycles. The van der Waals surface area contributed by atoms with Gasteiger partial charge in [0.15, 0.2) is 0 Å². The van der Waals surface area contributed by atoms with E-state index in [4.69, 9.17) is 0 Å². The van der Waals surface area contributed by atoms with Crippen molar-refractivity contribution in [3.05, 3.63) is 29.8 Å². The highest BCUT2D eigenvalue weighted by molar-refractivity contribution is 5.64. The molecule has 4 nitrogen and oxygen atoms in total. The van der Waals surface area contributed by atoms with E-state index in [2.05, 4.69) is 10.3 Å². The van der Waals surface area contributed by atoms with E-state index >= 15 is 0 Å². The van der Waals surface area contributed by atoms with Gasteiger partial charge in [-0.05, 0) is 19.1 Å². The molecule has 1 amide bonds. The molecule has 1 aromatic rings. The first-order valence-corrected chi connectivity index (χ1v) is 3.68. The van der Waals surface area contributed by atoms with Gasteiger partial charge in [0.25, 0.3) is 0 Å². The van der Waals surface area contributed by atoms with Gasteiger partial charge < -0.3 is 5.32 Å². The average Bonchev–Trinajstić information content (AvgIpc) is 2.04. The van der Waals surface area contributed by atoms with Crippen molar-refractivity contribution in [3.8, 4) is 0 Å². The number of pyridine rings is 1. The Balaban J connectivity index is 2.71. The molecule has 1 rings (SSSR count). The van der Waals surface area contributed by atoms with Crippen LogP contribution in [0.5, 0.6) is 0 Å². The van der Waals surface area contributed by atoms with E-state index in [1.54, 1.807) is 6.92 Å². The van der Waals surface area contributed by atoms with Crippen LogP contribution in [0.25, 0.3) is 0 Å². The summed E-state index contributed by atoms with van der Waals surface area (Å²) >= 11 is 0. The molecule has 69 valence electrons. The molecule has 0 aliphatic carbocycles. The van der Waals surface area contributed by atoms with Gasteiger partial charge in [-0.3, -0.25) is 4.98 Å². The smallest absolute Gasteiger partial charge is 0.310 e. The third-order valence-corrected chi connectivity index (χ3v) is 1.53. The summed E-state index contributed by atoms with van der Waals surface area (Å²) < 4.78 is 12.4. The Hall–Kier alpha value is -1.65. The second-order valence-electron chi connectivity index (χ2n) is 2.55. The maximum absolute atomic E-state index is 12.4. The highest BCUT2D eigenvalue weighted by Gasteiger charge is 2.09. The van der Waals surface area contributed by atoms with Crippen molar-refractivity contribution in [1.82, 2.24) is 10.3 Å². The van der Waals surface area contributed by atoms with Crippen LogP contribution in [0.1, 0.15) is 18.7 Å². The summed E-state index contributed by atoms with van der Waals surface area (Å²) in [5, 5.41) is 12.2. The first-order chi connectivity index (χ1) is 6.09. The van der Waals surface area contributed by atoms with Crippen molar-refractivity contribution in [3.63, 3.8) is 0 Å². The van der Waals surface area contributed by atoms with Crippen LogP contribution in [-0.2, 0) is 5.11 Å². The third-order valence-electron chi connectivity index (χ3n) is 1.53. The molecule has 13 heavy (non-hydrogen) atoms. The van der Waals surface area contributed by atoms with Gasteiger partial charge in [0, 0.05) is 0 Å². The minimum Gasteiger partial charge on any atom is -0.310 e. The molecule has 0 saturated carbocycles. The van der Waals surface area contributed by atoms with E-state index in [-0.39, 0.29) is 0 Å². The summed E-state index contributed by atoms with van der Waals surface area (Å²) in [6.45, 7) is 1.59. The zero-order chi connectivity index (χ0) is 9.84. The Morgan fingerprint density at radius 2 is 2.31 bits per heavy atom. The first kappa shape index (κ1) is 9.44. The molecule has 0 aromatic carbocycles. The molecule has 5 heteroatoms. The Bertz CT molecular complexity index is 300. The molecule has 0 saturated heterocycles. The van der Waals surface area contributed by atoms with Crippen LogP contribution in [0, 0.1) is 5.82 Å². The zero-order valence-electron chi connectivity index (χ0n) is 6.95. The van der Waals surface area contributed by atoms with Crippen LogP contribution in [0.4, 0.5) is 9.18 Å². The van der Waals surface area contributed by atoms with Crippen molar-refractivity contribution in [2.24, 2.45) is 0 Å². The number of halogens is 1. The summed E-state index contributed by atoms with van der Waals surface area (Å²) in [4.78, 5) is 13.8. The topological polar surface area (TPSA) is 61.9 Å². The maximum Gasteiger partial charge on any atom is 0.451 e. The standard InChI is InChI=1S/C8H8FN2O2/c1-5(11-8(12)13)7-3-2-6(9)4-10-7/h2-5,11H,1H3/t5-/m0/s1. The van der Waals surface area contributed by atoms with E-state index in [1.165, 1.54) is 12.1 Å². The number of amides is 1. The molecule has 1 radical (unpaired) electrons. The zero-order valence-corrected chi connectivity index (χ0v) is 6.95. The average molecular weight is 183 g/mol. The molecule has 0 spiro atoms. The second kappa shape index (κ2) is 3.84. The fraction of sp³-hybridized carbons (Fsp3) is 0.250. The van der Waals surface area contributed by atoms with Crippen LogP contribution in [0.3, 0.4) is 0 Å². The first-order valence-electron chi connectivity index (χ1n) is 3.68. The maximum atomic E-state index is 12.4. The van der Waals surface area contributed by atoms with Crippen LogP contribution >= 0.6 is 0 Å². The van der Waals surface area contributed by atoms with E-state index in [9.17, 15) is 14.3 Å². The molecular weight excluding hydrogens is 175 g/mol. The number of nitrogens with zero attached hydrogens (tertiary/aromatic N) is 1. The van der Waals surface area contributed by atoms with Gasteiger partial charge in [0.05, 0.1) is 17.9 Å². The van der Waals surface area contributed by atoms with Gasteiger partial charge in [-0.25, -0.2) is 14.3 Å². The Kier molecular flexibility index (Phi) is 2.79. The fourth-order valence-corrected chi connectivity index (χ4v) is 0.894. The normalized spacial score (nSPS) is 12.2. The lowest BCUT2D eigenvalue weighted by atomic mass is 10.2. The van der Waals surface area contributed by atoms with E-state index in [0.29, 0.717) is 5.69 Å². The largest absolute Gasteiger partial charge is 0.451 e. The molecule has 1 atom stereocenters. The Morgan fingerprint density at radius 3 is 2.77 bits per heavy atom. The number of carbonyl (C=O) groups is 1. The second-order valence-corrected chi connectivity index (χ2v) is 2.55. The number of carbonyl (C=O) groups excluding carboxylic acids is 1. The predicted octanol–water partition coefficient (Wildman–Crippen LogP) is 1.42. The van der Waals surface area contributed by atoms with Gasteiger partial charge in [-0.1, -0.05) is 0 Å². The van der Waals surface area contributed by atoms with Crippen LogP contribution in [0.15, 0.2) is 18.3 Å². The van der Waals surface area contributed by atoms with Crippen molar-refractivity contribution in [2.75, 3.05) is 0 Å². The van der Waals surface area contributed by atoms with Crippen LogP contribution in [-0.4, -0.2) is 11.1 Å². The minimum absolute atomic E-state index is 0.450. The predicted molar refractivity (Wildman–Crippen MR) is 41.8 cm³/mol. The lowest BCUT2D eigenvalue weighted by Gasteiger charge is -2.08. The SMILES string of the molecule is C[C@H](NC([O])=O)c1ccc(F)cn1. The van der Waals surface area contributed by atoms with Crippen molar-refractivity contribution < 1.29 is 14.3 Å². The quantitative estimate of drug-likeness (QED) is 0.753. The monoisotopic (exact) mass is 183 g/mol. The number of rotatable bonds is 2. The Morgan fingerprint density at radius 1 is 1.62 bits per heavy atom. The lowest BCUT2D eigenvalue weighted by Crippen LogP contribution is -2.24. The molecular formula is C8H8FN2O2. The summed E-state index contributed by atoms with van der Waals surface area (Å²) in [6.07, 6.45) is -0.346. The highest BCUT2D eigenvalue weighted by Crippen LogP contribution is 2.08. The number of hydrogen-bond acceptors (Lipinski definition) is 2. The number of hydrogen-bond donors (Lipinski definition) is 1. The Labute approximate surface area is 74.4 Å². The fourth-order valence-electron chi connectivity index (χ4n) is 0.894. The molecule has 0 aliphatic heterocycles. The van der Waals surface area contributed by atoms with Gasteiger partial charge in [-0.2, -0.15) is 0 Å². The summed E-state index contributed by atoms with van der Waals surface area (Å²) in [5.74, 6) is -0.454. The van der Waals surface area contributed by atoms with E-state index < -0.39 is 18.0 Å². The molecule has 0 unspecified atom stereocenters. The van der Waals surface area contributed by atoms with E-state index in [1.807, 2.05) is 0 Å². The minimum atomic E-state index is -1.38. The van der Waals surface area contributed by atoms with E-state index in [0.717, 1.165) is 6.20 Å². The van der Waals surface area contributed by atoms with Crippen LogP contribution < -0.4 is 5.32 Å². The number of nitrogens with one attached hydrogen (secondary N) is 1. The highest BCUT2D eigenvalue weighted by atomic mass is 19.1. The summed E-state index contributed by atoms with van der Waals surface area (Å²) in [7, 11) is 0. The number of aromatic nitrogens is 1. The summed E-state index contributed by atoms with van der Waals surface area (Å²) in [5.41, 5.74) is 0.450. The molecule has 0 bridgehead atoms. The van der Waals surface area contributed by atoms with Gasteiger partial charge in [-0.15, -0.1) is 0 Å². The van der Waals surface area contributed by atoms with Crippen molar-refractivity contribution in [2.45, 2.75) is 13.0 Å². The van der Waals surface area contributed by atoms with Crippen LogP contribution in [0.2, 0.25) is 0 Å². The molecule has 1 heterocycles. The molecule has 0 aliphatic rings. The third kappa shape index (κ3) is 2.70. The van der Waals surface area contributed by atoms with Crippen molar-refractivity contribution >= 4 is 6.09 Å². The molecule has 1 N–H and O–H groups in total. The van der Waals surface area contributed by atoms with Gasteiger partial charge in [0.1, 0.15) is 5.82 Å². The summed E-state index contributed by atoms with van der Waals surface area (Å²) in [6, 6.07) is 2.14. The van der Waals surface area contributed by atoms with Gasteiger partial charge in [0.2, 0.25) is 0 Å². The lowest BCUT2D eigenvalue weighted by molar-refractivity contribution is 0.165. The van der Waals surface area contributed by atoms with Gasteiger partial charge >= 0.3 is 6.09 Å². The molecule has 0 fully saturated rings.